The Morgan fingerprint density at radius 3 is 2.48 bits per heavy atom. The van der Waals surface area contributed by atoms with Crippen molar-refractivity contribution in [3.05, 3.63) is 59.2 Å². The fourth-order valence-corrected chi connectivity index (χ4v) is 7.33. The van der Waals surface area contributed by atoms with Crippen molar-refractivity contribution < 1.29 is 18.8 Å². The van der Waals surface area contributed by atoms with E-state index in [1.165, 1.54) is 0 Å². The van der Waals surface area contributed by atoms with E-state index in [-0.39, 0.29) is 5.91 Å². The van der Waals surface area contributed by atoms with Crippen LogP contribution in [-0.2, 0) is 14.9 Å². The van der Waals surface area contributed by atoms with Gasteiger partial charge in [-0.05, 0) is 71.2 Å². The molecular formula is C36H42N6O4. The molecule has 0 spiro atoms. The number of likely N-dealkylation sites (tertiary alicyclic amines) is 1. The standard InChI is InChI=1S/C36H42N6O4/c1-21-31(22(2)46-40-21)28-19-29-27(20-30(28)44-6)32-33(37-23(3)38-34(32)39-29)24-8-7-9-25(18-24)36(4,5)35(43)42-12-10-26(11-13-42)41-14-16-45-17-15-41/h7-9,18-20,26H,10-17H2,1-6H3,(H,37,38,39). The molecule has 240 valence electrons. The maximum atomic E-state index is 14.0. The van der Waals surface area contributed by atoms with E-state index in [0.717, 1.165) is 114 Å². The number of fused-ring (bicyclic) bond motifs is 3. The van der Waals surface area contributed by atoms with Gasteiger partial charge < -0.3 is 23.9 Å². The summed E-state index contributed by atoms with van der Waals surface area (Å²) in [7, 11) is 1.67. The molecular weight excluding hydrogens is 580 g/mol. The molecule has 2 saturated heterocycles. The second kappa shape index (κ2) is 11.8. The van der Waals surface area contributed by atoms with Crippen molar-refractivity contribution in [2.24, 2.45) is 0 Å². The van der Waals surface area contributed by atoms with Crippen molar-refractivity contribution >= 4 is 27.8 Å². The number of hydrogen-bond donors (Lipinski definition) is 1. The third-order valence-electron chi connectivity index (χ3n) is 9.89. The maximum absolute atomic E-state index is 14.0. The van der Waals surface area contributed by atoms with Gasteiger partial charge >= 0.3 is 0 Å². The summed E-state index contributed by atoms with van der Waals surface area (Å²) in [6, 6.07) is 12.9. The predicted octanol–water partition coefficient (Wildman–Crippen LogP) is 5.97. The van der Waals surface area contributed by atoms with Crippen molar-refractivity contribution in [3.63, 3.8) is 0 Å². The third-order valence-corrected chi connectivity index (χ3v) is 9.89. The molecule has 0 saturated carbocycles. The number of nitrogens with zero attached hydrogens (tertiary/aromatic N) is 5. The van der Waals surface area contributed by atoms with Gasteiger partial charge in [0.2, 0.25) is 5.91 Å². The first kappa shape index (κ1) is 30.4. The van der Waals surface area contributed by atoms with Gasteiger partial charge in [0, 0.05) is 54.3 Å². The number of aromatic nitrogens is 4. The Bertz CT molecular complexity index is 1910. The molecule has 0 bridgehead atoms. The number of aryl methyl sites for hydroxylation is 3. The average molecular weight is 623 g/mol. The number of rotatable bonds is 6. The molecule has 2 aromatic carbocycles. The van der Waals surface area contributed by atoms with Crippen LogP contribution >= 0.6 is 0 Å². The van der Waals surface area contributed by atoms with Gasteiger partial charge in [0.1, 0.15) is 23.0 Å². The molecule has 5 aromatic rings. The number of benzene rings is 2. The molecule has 10 nitrogen and oxygen atoms in total. The first-order valence-electron chi connectivity index (χ1n) is 16.2. The van der Waals surface area contributed by atoms with Gasteiger partial charge in [0.25, 0.3) is 0 Å². The van der Waals surface area contributed by atoms with Gasteiger partial charge in [0.05, 0.1) is 48.1 Å². The van der Waals surface area contributed by atoms with Crippen LogP contribution in [0.3, 0.4) is 0 Å². The summed E-state index contributed by atoms with van der Waals surface area (Å²) in [4.78, 5) is 31.9. The number of nitrogens with one attached hydrogen (secondary N) is 1. The lowest BCUT2D eigenvalue weighted by Gasteiger charge is -2.42. The van der Waals surface area contributed by atoms with Gasteiger partial charge in [-0.15, -0.1) is 0 Å². The van der Waals surface area contributed by atoms with Crippen molar-refractivity contribution in [3.8, 4) is 28.1 Å². The van der Waals surface area contributed by atoms with Crippen LogP contribution in [0.5, 0.6) is 5.75 Å². The molecule has 2 aliphatic heterocycles. The van der Waals surface area contributed by atoms with E-state index in [4.69, 9.17) is 24.0 Å². The van der Waals surface area contributed by atoms with E-state index < -0.39 is 5.41 Å². The molecule has 0 unspecified atom stereocenters. The number of piperidine rings is 1. The van der Waals surface area contributed by atoms with Crippen LogP contribution < -0.4 is 4.74 Å². The van der Waals surface area contributed by atoms with Crippen LogP contribution in [0.4, 0.5) is 0 Å². The number of hydrogen-bond acceptors (Lipinski definition) is 8. The number of aromatic amines is 1. The quantitative estimate of drug-likeness (QED) is 0.247. The molecule has 10 heteroatoms. The zero-order chi connectivity index (χ0) is 32.2. The molecule has 1 N–H and O–H groups in total. The number of amides is 1. The van der Waals surface area contributed by atoms with Gasteiger partial charge in [-0.2, -0.15) is 0 Å². The zero-order valence-electron chi connectivity index (χ0n) is 27.6. The lowest BCUT2D eigenvalue weighted by Crippen LogP contribution is -2.52. The van der Waals surface area contributed by atoms with Gasteiger partial charge in [-0.3, -0.25) is 9.69 Å². The second-order valence-electron chi connectivity index (χ2n) is 13.1. The topological polar surface area (TPSA) is 110 Å². The number of carbonyl (C=O) groups is 1. The fraction of sp³-hybridized carbons (Fsp3) is 0.444. The van der Waals surface area contributed by atoms with Gasteiger partial charge in [-0.25, -0.2) is 9.97 Å². The minimum atomic E-state index is -0.699. The molecule has 1 amide bonds. The minimum absolute atomic E-state index is 0.165. The third kappa shape index (κ3) is 5.23. The van der Waals surface area contributed by atoms with E-state index >= 15 is 0 Å². The van der Waals surface area contributed by atoms with Crippen LogP contribution in [0, 0.1) is 20.8 Å². The van der Waals surface area contributed by atoms with Crippen molar-refractivity contribution in [2.75, 3.05) is 46.5 Å². The summed E-state index contributed by atoms with van der Waals surface area (Å²) in [6.45, 7) is 15.0. The van der Waals surface area contributed by atoms with E-state index in [0.29, 0.717) is 17.6 Å². The molecule has 46 heavy (non-hydrogen) atoms. The summed E-state index contributed by atoms with van der Waals surface area (Å²) in [5.74, 6) is 2.28. The summed E-state index contributed by atoms with van der Waals surface area (Å²) < 4.78 is 16.9. The normalized spacial score (nSPS) is 16.9. The summed E-state index contributed by atoms with van der Waals surface area (Å²) in [5, 5.41) is 6.02. The van der Waals surface area contributed by atoms with E-state index in [9.17, 15) is 4.79 Å². The number of H-pyrrole nitrogens is 1. The number of ether oxygens (including phenoxy) is 2. The smallest absolute Gasteiger partial charge is 0.232 e. The Morgan fingerprint density at radius 1 is 1.02 bits per heavy atom. The van der Waals surface area contributed by atoms with E-state index in [1.807, 2.05) is 46.8 Å². The zero-order valence-corrected chi connectivity index (χ0v) is 27.6. The highest BCUT2D eigenvalue weighted by atomic mass is 16.5. The Kier molecular flexibility index (Phi) is 7.81. The Morgan fingerprint density at radius 2 is 1.78 bits per heavy atom. The average Bonchev–Trinajstić information content (AvgIpc) is 3.60. The highest BCUT2D eigenvalue weighted by Crippen LogP contribution is 2.42. The molecule has 3 aromatic heterocycles. The van der Waals surface area contributed by atoms with Crippen LogP contribution in [-0.4, -0.2) is 88.4 Å². The van der Waals surface area contributed by atoms with E-state index in [2.05, 4.69) is 44.2 Å². The Hall–Kier alpha value is -4.28. The predicted molar refractivity (Wildman–Crippen MR) is 178 cm³/mol. The van der Waals surface area contributed by atoms with Crippen LogP contribution in [0.1, 0.15) is 49.5 Å². The Balaban J connectivity index is 1.23. The molecule has 7 rings (SSSR count). The molecule has 5 heterocycles. The lowest BCUT2D eigenvalue weighted by molar-refractivity contribution is -0.138. The maximum Gasteiger partial charge on any atom is 0.232 e. The first-order chi connectivity index (χ1) is 22.2. The van der Waals surface area contributed by atoms with Crippen LogP contribution in [0.15, 0.2) is 40.9 Å². The number of morpholine rings is 1. The van der Waals surface area contributed by atoms with Crippen LogP contribution in [0.2, 0.25) is 0 Å². The monoisotopic (exact) mass is 622 g/mol. The molecule has 2 aliphatic rings. The largest absolute Gasteiger partial charge is 0.496 e. The van der Waals surface area contributed by atoms with E-state index in [1.54, 1.807) is 7.11 Å². The number of carbonyl (C=O) groups excluding carboxylic acids is 1. The highest BCUT2D eigenvalue weighted by Gasteiger charge is 2.37. The summed E-state index contributed by atoms with van der Waals surface area (Å²) >= 11 is 0. The summed E-state index contributed by atoms with van der Waals surface area (Å²) in [5.41, 5.74) is 6.32. The minimum Gasteiger partial charge on any atom is -0.496 e. The number of methoxy groups -OCH3 is 1. The fourth-order valence-electron chi connectivity index (χ4n) is 7.33. The molecule has 0 atom stereocenters. The SMILES string of the molecule is COc1cc2c(cc1-c1c(C)noc1C)[nH]c1nc(C)nc(-c3cccc(C(C)(C)C(=O)N4CCC(N5CCOCC5)CC4)c3)c12. The summed E-state index contributed by atoms with van der Waals surface area (Å²) in [6.07, 6.45) is 2.00. The van der Waals surface area contributed by atoms with Crippen molar-refractivity contribution in [1.82, 2.24) is 29.9 Å². The van der Waals surface area contributed by atoms with Crippen molar-refractivity contribution in [1.29, 1.82) is 0 Å². The molecule has 2 fully saturated rings. The highest BCUT2D eigenvalue weighted by molar-refractivity contribution is 6.13. The van der Waals surface area contributed by atoms with Gasteiger partial charge in [-0.1, -0.05) is 23.4 Å². The van der Waals surface area contributed by atoms with Crippen molar-refractivity contribution in [2.45, 2.75) is 58.9 Å². The first-order valence-corrected chi connectivity index (χ1v) is 16.2. The van der Waals surface area contributed by atoms with Gasteiger partial charge in [0.15, 0.2) is 0 Å². The second-order valence-corrected chi connectivity index (χ2v) is 13.1. The molecule has 0 radical (unpaired) electrons. The lowest BCUT2D eigenvalue weighted by atomic mass is 9.81. The molecule has 0 aliphatic carbocycles. The Labute approximate surface area is 269 Å². The van der Waals surface area contributed by atoms with Crippen LogP contribution in [0.25, 0.3) is 44.3 Å².